The Labute approximate surface area is 119 Å². The molecule has 1 aromatic rings. The summed E-state index contributed by atoms with van der Waals surface area (Å²) < 4.78 is 24.2. The minimum atomic E-state index is -0.367. The highest BCUT2D eigenvalue weighted by atomic mass is 19.1. The molecule has 0 radical (unpaired) electrons. The number of hydrogen-bond acceptors (Lipinski definition) is 4. The molecule has 1 fully saturated rings. The van der Waals surface area contributed by atoms with Gasteiger partial charge in [-0.25, -0.2) is 4.39 Å². The molecule has 2 rings (SSSR count). The standard InChI is InChI=1S/C15H23FN2O2/c1-10-7-15(9-17,8-11(2)20-10)18-12-4-5-13(16)14(6-12)19-3/h4-6,10-11,18H,7-9,17H2,1-3H3. The van der Waals surface area contributed by atoms with Gasteiger partial charge in [-0.15, -0.1) is 0 Å². The van der Waals surface area contributed by atoms with Gasteiger partial charge in [0.25, 0.3) is 0 Å². The van der Waals surface area contributed by atoms with E-state index in [1.807, 2.05) is 13.8 Å². The van der Waals surface area contributed by atoms with Crippen molar-refractivity contribution in [2.75, 3.05) is 19.0 Å². The van der Waals surface area contributed by atoms with Gasteiger partial charge in [0.2, 0.25) is 0 Å². The minimum Gasteiger partial charge on any atom is -0.494 e. The van der Waals surface area contributed by atoms with Gasteiger partial charge in [-0.05, 0) is 38.8 Å². The Hall–Kier alpha value is -1.33. The van der Waals surface area contributed by atoms with E-state index in [9.17, 15) is 4.39 Å². The van der Waals surface area contributed by atoms with E-state index in [1.54, 1.807) is 12.1 Å². The van der Waals surface area contributed by atoms with E-state index in [1.165, 1.54) is 13.2 Å². The molecular weight excluding hydrogens is 259 g/mol. The van der Waals surface area contributed by atoms with Gasteiger partial charge in [0, 0.05) is 18.3 Å². The average Bonchev–Trinajstić information content (AvgIpc) is 2.40. The number of nitrogens with one attached hydrogen (secondary N) is 1. The van der Waals surface area contributed by atoms with E-state index >= 15 is 0 Å². The molecule has 2 unspecified atom stereocenters. The summed E-state index contributed by atoms with van der Waals surface area (Å²) in [6.45, 7) is 4.60. The van der Waals surface area contributed by atoms with Crippen LogP contribution in [0.5, 0.6) is 5.75 Å². The van der Waals surface area contributed by atoms with Gasteiger partial charge in [-0.3, -0.25) is 0 Å². The summed E-state index contributed by atoms with van der Waals surface area (Å²) in [5, 5.41) is 3.46. The molecule has 4 nitrogen and oxygen atoms in total. The third-order valence-corrected chi connectivity index (χ3v) is 3.77. The molecule has 3 N–H and O–H groups in total. The quantitative estimate of drug-likeness (QED) is 0.891. The van der Waals surface area contributed by atoms with Crippen molar-refractivity contribution in [3.8, 4) is 5.75 Å². The molecule has 0 aliphatic carbocycles. The highest BCUT2D eigenvalue weighted by Crippen LogP contribution is 2.33. The molecule has 112 valence electrons. The van der Waals surface area contributed by atoms with Crippen LogP contribution in [-0.4, -0.2) is 31.4 Å². The maximum absolute atomic E-state index is 13.5. The van der Waals surface area contributed by atoms with Gasteiger partial charge in [-0.1, -0.05) is 0 Å². The van der Waals surface area contributed by atoms with E-state index in [0.29, 0.717) is 6.54 Å². The molecule has 1 heterocycles. The summed E-state index contributed by atoms with van der Waals surface area (Å²) >= 11 is 0. The first-order valence-corrected chi connectivity index (χ1v) is 6.95. The van der Waals surface area contributed by atoms with Gasteiger partial charge in [0.1, 0.15) is 0 Å². The summed E-state index contributed by atoms with van der Waals surface area (Å²) in [4.78, 5) is 0. The molecule has 0 spiro atoms. The number of anilines is 1. The molecule has 1 saturated heterocycles. The summed E-state index contributed by atoms with van der Waals surface area (Å²) in [5.41, 5.74) is 6.58. The molecule has 0 aromatic heterocycles. The zero-order valence-electron chi connectivity index (χ0n) is 12.3. The number of benzene rings is 1. The summed E-state index contributed by atoms with van der Waals surface area (Å²) in [6, 6.07) is 4.77. The van der Waals surface area contributed by atoms with Gasteiger partial charge >= 0.3 is 0 Å². The van der Waals surface area contributed by atoms with Crippen LogP contribution in [0, 0.1) is 5.82 Å². The van der Waals surface area contributed by atoms with Crippen molar-refractivity contribution >= 4 is 5.69 Å². The summed E-state index contributed by atoms with van der Waals surface area (Å²) in [6.07, 6.45) is 1.95. The number of ether oxygens (including phenoxy) is 2. The Morgan fingerprint density at radius 1 is 1.40 bits per heavy atom. The van der Waals surface area contributed by atoms with Crippen molar-refractivity contribution in [1.29, 1.82) is 0 Å². The smallest absolute Gasteiger partial charge is 0.165 e. The van der Waals surface area contributed by atoms with Crippen LogP contribution in [0.4, 0.5) is 10.1 Å². The van der Waals surface area contributed by atoms with Crippen LogP contribution >= 0.6 is 0 Å². The number of hydrogen-bond donors (Lipinski definition) is 2. The second kappa shape index (κ2) is 5.97. The fourth-order valence-corrected chi connectivity index (χ4v) is 3.04. The summed E-state index contributed by atoms with van der Waals surface area (Å²) in [5.74, 6) is -0.135. The van der Waals surface area contributed by atoms with Crippen LogP contribution in [-0.2, 0) is 4.74 Å². The number of methoxy groups -OCH3 is 1. The SMILES string of the molecule is COc1cc(NC2(CN)CC(C)OC(C)C2)ccc1F. The molecular formula is C15H23FN2O2. The Balaban J connectivity index is 2.21. The third kappa shape index (κ3) is 3.22. The van der Waals surface area contributed by atoms with Crippen LogP contribution in [0.1, 0.15) is 26.7 Å². The molecule has 20 heavy (non-hydrogen) atoms. The normalized spacial score (nSPS) is 30.1. The molecule has 1 aromatic carbocycles. The van der Waals surface area contributed by atoms with Crippen molar-refractivity contribution < 1.29 is 13.9 Å². The van der Waals surface area contributed by atoms with Crippen molar-refractivity contribution in [1.82, 2.24) is 0 Å². The Bertz CT molecular complexity index is 457. The molecule has 0 bridgehead atoms. The van der Waals surface area contributed by atoms with Gasteiger partial charge < -0.3 is 20.5 Å². The third-order valence-electron chi connectivity index (χ3n) is 3.77. The number of rotatable bonds is 4. The van der Waals surface area contributed by atoms with E-state index in [0.717, 1.165) is 18.5 Å². The van der Waals surface area contributed by atoms with Gasteiger partial charge in [0.05, 0.1) is 24.9 Å². The Kier molecular flexibility index (Phi) is 4.50. The molecule has 1 aliphatic heterocycles. The van der Waals surface area contributed by atoms with Crippen LogP contribution in [0.2, 0.25) is 0 Å². The molecule has 2 atom stereocenters. The maximum atomic E-state index is 13.5. The monoisotopic (exact) mass is 282 g/mol. The number of halogens is 1. The lowest BCUT2D eigenvalue weighted by Gasteiger charge is -2.43. The first kappa shape index (κ1) is 15.1. The number of nitrogens with two attached hydrogens (primary N) is 1. The molecule has 1 aliphatic rings. The fraction of sp³-hybridized carbons (Fsp3) is 0.600. The Morgan fingerprint density at radius 3 is 2.60 bits per heavy atom. The Morgan fingerprint density at radius 2 is 2.05 bits per heavy atom. The molecule has 5 heteroatoms. The van der Waals surface area contributed by atoms with Crippen LogP contribution in [0.25, 0.3) is 0 Å². The second-order valence-electron chi connectivity index (χ2n) is 5.62. The van der Waals surface area contributed by atoms with E-state index in [-0.39, 0.29) is 29.3 Å². The van der Waals surface area contributed by atoms with Crippen LogP contribution < -0.4 is 15.8 Å². The predicted octanol–water partition coefficient (Wildman–Crippen LogP) is 2.53. The molecule has 0 amide bonds. The lowest BCUT2D eigenvalue weighted by atomic mass is 9.84. The van der Waals surface area contributed by atoms with Crippen molar-refractivity contribution in [2.45, 2.75) is 44.4 Å². The highest BCUT2D eigenvalue weighted by Gasteiger charge is 2.37. The first-order chi connectivity index (χ1) is 9.48. The minimum absolute atomic E-state index is 0.150. The summed E-state index contributed by atoms with van der Waals surface area (Å²) in [7, 11) is 1.46. The van der Waals surface area contributed by atoms with Crippen LogP contribution in [0.3, 0.4) is 0 Å². The second-order valence-corrected chi connectivity index (χ2v) is 5.62. The fourth-order valence-electron chi connectivity index (χ4n) is 3.04. The van der Waals surface area contributed by atoms with Gasteiger partial charge in [-0.2, -0.15) is 0 Å². The zero-order chi connectivity index (χ0) is 14.8. The van der Waals surface area contributed by atoms with Gasteiger partial charge in [0.15, 0.2) is 11.6 Å². The average molecular weight is 282 g/mol. The lowest BCUT2D eigenvalue weighted by molar-refractivity contribution is -0.0536. The highest BCUT2D eigenvalue weighted by molar-refractivity contribution is 5.51. The van der Waals surface area contributed by atoms with Crippen molar-refractivity contribution in [3.63, 3.8) is 0 Å². The zero-order valence-corrected chi connectivity index (χ0v) is 12.3. The van der Waals surface area contributed by atoms with E-state index in [2.05, 4.69) is 5.32 Å². The van der Waals surface area contributed by atoms with Crippen molar-refractivity contribution in [3.05, 3.63) is 24.0 Å². The maximum Gasteiger partial charge on any atom is 0.165 e. The molecule has 0 saturated carbocycles. The first-order valence-electron chi connectivity index (χ1n) is 6.95. The topological polar surface area (TPSA) is 56.5 Å². The van der Waals surface area contributed by atoms with Crippen LogP contribution in [0.15, 0.2) is 18.2 Å². The largest absolute Gasteiger partial charge is 0.494 e. The lowest BCUT2D eigenvalue weighted by Crippen LogP contribution is -2.53. The van der Waals surface area contributed by atoms with E-state index in [4.69, 9.17) is 15.2 Å². The van der Waals surface area contributed by atoms with Crippen molar-refractivity contribution in [2.24, 2.45) is 5.73 Å². The predicted molar refractivity (Wildman–Crippen MR) is 77.6 cm³/mol. The van der Waals surface area contributed by atoms with E-state index < -0.39 is 0 Å².